The Hall–Kier alpha value is -2.39. The first-order valence-electron chi connectivity index (χ1n) is 6.93. The molecule has 0 aliphatic carbocycles. The molecule has 3 nitrogen and oxygen atoms in total. The summed E-state index contributed by atoms with van der Waals surface area (Å²) in [6, 6.07) is 15.4. The van der Waals surface area contributed by atoms with Gasteiger partial charge in [-0.05, 0) is 48.2 Å². The molecule has 0 saturated heterocycles. The summed E-state index contributed by atoms with van der Waals surface area (Å²) < 4.78 is 0. The van der Waals surface area contributed by atoms with Gasteiger partial charge in [0.25, 0.3) is 0 Å². The van der Waals surface area contributed by atoms with Crippen LogP contribution in [0.1, 0.15) is 16.7 Å². The van der Waals surface area contributed by atoms with Crippen LogP contribution in [0.3, 0.4) is 0 Å². The maximum Gasteiger partial charge on any atom is 0.248 e. The van der Waals surface area contributed by atoms with E-state index in [1.165, 1.54) is 6.08 Å². The number of anilines is 1. The number of aryl methyl sites for hydroxylation is 1. The first kappa shape index (κ1) is 15.0. The number of hydrogen-bond acceptors (Lipinski definition) is 2. The number of carbonyl (C=O) groups excluding carboxylic acids is 1. The van der Waals surface area contributed by atoms with E-state index in [2.05, 4.69) is 5.32 Å². The number of aliphatic hydroxyl groups is 1. The Bertz CT molecular complexity index is 630. The molecule has 2 rings (SSSR count). The molecule has 0 aliphatic heterocycles. The predicted molar refractivity (Wildman–Crippen MR) is 86.1 cm³/mol. The Morgan fingerprint density at radius 1 is 1.14 bits per heavy atom. The molecule has 0 aliphatic rings. The Labute approximate surface area is 124 Å². The van der Waals surface area contributed by atoms with Crippen molar-refractivity contribution in [3.05, 3.63) is 71.3 Å². The van der Waals surface area contributed by atoms with Crippen LogP contribution in [-0.2, 0) is 11.2 Å². The third kappa shape index (κ3) is 4.58. The van der Waals surface area contributed by atoms with Crippen LogP contribution in [0.5, 0.6) is 0 Å². The predicted octanol–water partition coefficient (Wildman–Crippen LogP) is 3.18. The van der Waals surface area contributed by atoms with Crippen molar-refractivity contribution < 1.29 is 9.90 Å². The van der Waals surface area contributed by atoms with Gasteiger partial charge in [0.05, 0.1) is 0 Å². The number of rotatable bonds is 5. The topological polar surface area (TPSA) is 49.3 Å². The SMILES string of the molecule is Cc1ccccc1/C=C/C(=O)Nc1ccc(CCO)cc1. The summed E-state index contributed by atoms with van der Waals surface area (Å²) >= 11 is 0. The van der Waals surface area contributed by atoms with E-state index in [9.17, 15) is 4.79 Å². The van der Waals surface area contributed by atoms with Gasteiger partial charge >= 0.3 is 0 Å². The van der Waals surface area contributed by atoms with Gasteiger partial charge < -0.3 is 10.4 Å². The van der Waals surface area contributed by atoms with Crippen molar-refractivity contribution in [3.8, 4) is 0 Å². The van der Waals surface area contributed by atoms with Crippen molar-refractivity contribution in [1.29, 1.82) is 0 Å². The molecular formula is C18H19NO2. The summed E-state index contributed by atoms with van der Waals surface area (Å²) in [5.41, 5.74) is 3.96. The van der Waals surface area contributed by atoms with Crippen molar-refractivity contribution in [2.75, 3.05) is 11.9 Å². The van der Waals surface area contributed by atoms with Gasteiger partial charge in [0, 0.05) is 18.4 Å². The molecular weight excluding hydrogens is 262 g/mol. The van der Waals surface area contributed by atoms with Crippen LogP contribution in [0.2, 0.25) is 0 Å². The highest BCUT2D eigenvalue weighted by Gasteiger charge is 1.99. The Balaban J connectivity index is 1.97. The van der Waals surface area contributed by atoms with Crippen molar-refractivity contribution >= 4 is 17.7 Å². The lowest BCUT2D eigenvalue weighted by molar-refractivity contribution is -0.111. The van der Waals surface area contributed by atoms with Crippen molar-refractivity contribution in [2.45, 2.75) is 13.3 Å². The van der Waals surface area contributed by atoms with Crippen LogP contribution in [-0.4, -0.2) is 17.6 Å². The molecule has 2 N–H and O–H groups in total. The average Bonchev–Trinajstić information content (AvgIpc) is 2.49. The summed E-state index contributed by atoms with van der Waals surface area (Å²) in [7, 11) is 0. The lowest BCUT2D eigenvalue weighted by Crippen LogP contribution is -2.07. The molecule has 1 amide bonds. The average molecular weight is 281 g/mol. The van der Waals surface area contributed by atoms with Gasteiger partial charge in [0.15, 0.2) is 0 Å². The molecule has 0 fully saturated rings. The summed E-state index contributed by atoms with van der Waals surface area (Å²) in [5.74, 6) is -0.159. The fourth-order valence-electron chi connectivity index (χ4n) is 2.01. The van der Waals surface area contributed by atoms with Crippen LogP contribution >= 0.6 is 0 Å². The van der Waals surface area contributed by atoms with Crippen LogP contribution < -0.4 is 5.32 Å². The third-order valence-corrected chi connectivity index (χ3v) is 3.22. The van der Waals surface area contributed by atoms with E-state index in [4.69, 9.17) is 5.11 Å². The number of nitrogens with one attached hydrogen (secondary N) is 1. The number of aliphatic hydroxyl groups excluding tert-OH is 1. The van der Waals surface area contributed by atoms with Crippen molar-refractivity contribution in [3.63, 3.8) is 0 Å². The van der Waals surface area contributed by atoms with E-state index in [1.807, 2.05) is 61.5 Å². The largest absolute Gasteiger partial charge is 0.396 e. The highest BCUT2D eigenvalue weighted by molar-refractivity contribution is 6.02. The summed E-state index contributed by atoms with van der Waals surface area (Å²) in [5, 5.41) is 11.7. The molecule has 21 heavy (non-hydrogen) atoms. The second kappa shape index (κ2) is 7.41. The van der Waals surface area contributed by atoms with E-state index >= 15 is 0 Å². The van der Waals surface area contributed by atoms with E-state index in [0.717, 1.165) is 22.4 Å². The lowest BCUT2D eigenvalue weighted by Gasteiger charge is -2.04. The second-order valence-corrected chi connectivity index (χ2v) is 4.85. The van der Waals surface area contributed by atoms with Crippen LogP contribution in [0, 0.1) is 6.92 Å². The first-order chi connectivity index (χ1) is 10.2. The fraction of sp³-hybridized carbons (Fsp3) is 0.167. The third-order valence-electron chi connectivity index (χ3n) is 3.22. The van der Waals surface area contributed by atoms with E-state index < -0.39 is 0 Å². The first-order valence-corrected chi connectivity index (χ1v) is 6.93. The molecule has 2 aromatic carbocycles. The minimum absolute atomic E-state index is 0.130. The minimum atomic E-state index is -0.159. The molecule has 0 heterocycles. The van der Waals surface area contributed by atoms with Gasteiger partial charge in [0.2, 0.25) is 5.91 Å². The van der Waals surface area contributed by atoms with Crippen LogP contribution in [0.25, 0.3) is 6.08 Å². The van der Waals surface area contributed by atoms with Gasteiger partial charge in [-0.25, -0.2) is 0 Å². The maximum atomic E-state index is 11.9. The van der Waals surface area contributed by atoms with Gasteiger partial charge in [-0.2, -0.15) is 0 Å². The van der Waals surface area contributed by atoms with Crippen LogP contribution in [0.15, 0.2) is 54.6 Å². The molecule has 0 saturated carbocycles. The highest BCUT2D eigenvalue weighted by atomic mass is 16.2. The van der Waals surface area contributed by atoms with E-state index in [1.54, 1.807) is 0 Å². The molecule has 0 aromatic heterocycles. The summed E-state index contributed by atoms with van der Waals surface area (Å²) in [6.07, 6.45) is 3.97. The summed E-state index contributed by atoms with van der Waals surface area (Å²) in [6.45, 7) is 2.14. The number of amides is 1. The Morgan fingerprint density at radius 3 is 2.52 bits per heavy atom. The molecule has 0 unspecified atom stereocenters. The van der Waals surface area contributed by atoms with Gasteiger partial charge in [-0.1, -0.05) is 36.4 Å². The van der Waals surface area contributed by atoms with Crippen molar-refractivity contribution in [2.24, 2.45) is 0 Å². The number of hydrogen-bond donors (Lipinski definition) is 2. The zero-order valence-corrected chi connectivity index (χ0v) is 12.0. The highest BCUT2D eigenvalue weighted by Crippen LogP contribution is 2.11. The zero-order valence-electron chi connectivity index (χ0n) is 12.0. The summed E-state index contributed by atoms with van der Waals surface area (Å²) in [4.78, 5) is 11.9. The lowest BCUT2D eigenvalue weighted by atomic mass is 10.1. The minimum Gasteiger partial charge on any atom is -0.396 e. The molecule has 0 spiro atoms. The van der Waals surface area contributed by atoms with Crippen molar-refractivity contribution in [1.82, 2.24) is 0 Å². The van der Waals surface area contributed by atoms with Gasteiger partial charge in [-0.3, -0.25) is 4.79 Å². The molecule has 108 valence electrons. The van der Waals surface area contributed by atoms with Gasteiger partial charge in [0.1, 0.15) is 0 Å². The molecule has 0 radical (unpaired) electrons. The number of benzene rings is 2. The standard InChI is InChI=1S/C18H19NO2/c1-14-4-2-3-5-16(14)8-11-18(21)19-17-9-6-15(7-10-17)12-13-20/h2-11,20H,12-13H2,1H3,(H,19,21)/b11-8+. The smallest absolute Gasteiger partial charge is 0.248 e. The molecule has 2 aromatic rings. The molecule has 0 atom stereocenters. The van der Waals surface area contributed by atoms with Gasteiger partial charge in [-0.15, -0.1) is 0 Å². The monoisotopic (exact) mass is 281 g/mol. The fourth-order valence-corrected chi connectivity index (χ4v) is 2.01. The quantitative estimate of drug-likeness (QED) is 0.827. The molecule has 3 heteroatoms. The van der Waals surface area contributed by atoms with Crippen LogP contribution in [0.4, 0.5) is 5.69 Å². The Kier molecular flexibility index (Phi) is 5.29. The maximum absolute atomic E-state index is 11.9. The second-order valence-electron chi connectivity index (χ2n) is 4.85. The Morgan fingerprint density at radius 2 is 1.86 bits per heavy atom. The normalized spacial score (nSPS) is 10.8. The molecule has 0 bridgehead atoms. The van der Waals surface area contributed by atoms with E-state index in [0.29, 0.717) is 6.42 Å². The number of carbonyl (C=O) groups is 1. The van der Waals surface area contributed by atoms with E-state index in [-0.39, 0.29) is 12.5 Å². The zero-order chi connectivity index (χ0) is 15.1.